The summed E-state index contributed by atoms with van der Waals surface area (Å²) < 4.78 is 34.1. The van der Waals surface area contributed by atoms with Gasteiger partial charge in [-0.15, -0.1) is 0 Å². The second-order valence-corrected chi connectivity index (χ2v) is 3.32. The first-order valence-electron chi connectivity index (χ1n) is 3.43. The zero-order chi connectivity index (χ0) is 11.2. The minimum atomic E-state index is -5.17. The van der Waals surface area contributed by atoms with Crippen LogP contribution in [0.1, 0.15) is 5.56 Å². The van der Waals surface area contributed by atoms with Crippen molar-refractivity contribution in [3.05, 3.63) is 29.8 Å². The number of hydrogen-bond acceptors (Lipinski definition) is 5. The van der Waals surface area contributed by atoms with E-state index in [-0.39, 0.29) is 59.1 Å². The van der Waals surface area contributed by atoms with Crippen LogP contribution >= 0.6 is 11.8 Å². The van der Waals surface area contributed by atoms with Gasteiger partial charge in [0.15, 0.2) is 0 Å². The molecule has 0 bridgehead atoms. The van der Waals surface area contributed by atoms with Crippen molar-refractivity contribution in [2.24, 2.45) is 0 Å². The summed E-state index contributed by atoms with van der Waals surface area (Å²) in [4.78, 5) is 2.57. The Morgan fingerprint density at radius 3 is 1.81 bits per heavy atom. The maximum atomic E-state index is 8.52. The first-order chi connectivity index (χ1) is 6.34. The van der Waals surface area contributed by atoms with Crippen molar-refractivity contribution >= 4 is 27.9 Å². The van der Waals surface area contributed by atoms with Gasteiger partial charge in [-0.3, -0.25) is 13.3 Å². The van der Waals surface area contributed by atoms with Gasteiger partial charge in [0.25, 0.3) is 0 Å². The molecule has 9 heteroatoms. The number of hydrogen-bond donors (Lipinski definition) is 1. The van der Waals surface area contributed by atoms with Crippen LogP contribution in [-0.4, -0.2) is 17.5 Å². The topological polar surface area (TPSA) is 92.3 Å². The predicted octanol–water partition coefficient (Wildman–Crippen LogP) is -4.77. The van der Waals surface area contributed by atoms with E-state index in [1.54, 1.807) is 0 Å². The van der Waals surface area contributed by atoms with E-state index >= 15 is 0 Å². The average Bonchev–Trinajstić information content (AvgIpc) is 2.02. The quantitative estimate of drug-likeness (QED) is 0.242. The van der Waals surface area contributed by atoms with Gasteiger partial charge in [0.1, 0.15) is 0 Å². The minimum Gasteiger partial charge on any atom is -0.759 e. The third-order valence-electron chi connectivity index (χ3n) is 1.25. The largest absolute Gasteiger partial charge is 1.00 e. The van der Waals surface area contributed by atoms with Gasteiger partial charge >= 0.3 is 59.1 Å². The van der Waals surface area contributed by atoms with Crippen molar-refractivity contribution in [1.29, 1.82) is 0 Å². The van der Waals surface area contributed by atoms with Crippen LogP contribution in [0.15, 0.2) is 24.3 Å². The fourth-order valence-corrected chi connectivity index (χ4v) is 0.891. The number of anilines is 1. The second kappa shape index (κ2) is 11.3. The number of halogens is 1. The Hall–Kier alpha value is 1.18. The molecule has 0 amide bonds. The summed E-state index contributed by atoms with van der Waals surface area (Å²) in [5.41, 5.74) is 2.13. The van der Waals surface area contributed by atoms with Gasteiger partial charge in [-0.1, -0.05) is 18.2 Å². The number of rotatable bonds is 1. The van der Waals surface area contributed by atoms with Gasteiger partial charge in [-0.05, 0) is 18.6 Å². The van der Waals surface area contributed by atoms with Crippen LogP contribution in [0.4, 0.5) is 5.69 Å². The van der Waals surface area contributed by atoms with Crippen LogP contribution in [0.25, 0.3) is 0 Å². The molecule has 1 N–H and O–H groups in total. The van der Waals surface area contributed by atoms with Crippen LogP contribution < -0.4 is 64.0 Å². The summed E-state index contributed by atoms with van der Waals surface area (Å²) in [6.45, 7) is 2.00. The number of para-hydroxylation sites is 1. The zero-order valence-electron chi connectivity index (χ0n) is 9.23. The molecular formula is C7H8ClNNa2O4S. The Balaban J connectivity index is -0.000000214. The van der Waals surface area contributed by atoms with E-state index < -0.39 is 10.4 Å². The molecule has 16 heavy (non-hydrogen) atoms. The molecule has 80 valence electrons. The SMILES string of the molecule is Cc1ccccc1NCl.O=S(=O)([O-])[O-].[Na+].[Na+]. The van der Waals surface area contributed by atoms with Gasteiger partial charge in [-0.25, -0.2) is 0 Å². The van der Waals surface area contributed by atoms with E-state index in [4.69, 9.17) is 29.3 Å². The van der Waals surface area contributed by atoms with Crippen molar-refractivity contribution in [3.63, 3.8) is 0 Å². The summed E-state index contributed by atoms with van der Waals surface area (Å²) >= 11 is 5.38. The summed E-state index contributed by atoms with van der Waals surface area (Å²) in [5.74, 6) is 0. The molecule has 1 aromatic rings. The molecule has 5 nitrogen and oxygen atoms in total. The molecule has 0 radical (unpaired) electrons. The van der Waals surface area contributed by atoms with Crippen LogP contribution in [0.2, 0.25) is 0 Å². The minimum absolute atomic E-state index is 0. The molecule has 0 aliphatic rings. The Morgan fingerprint density at radius 1 is 1.19 bits per heavy atom. The van der Waals surface area contributed by atoms with Crippen LogP contribution in [0.3, 0.4) is 0 Å². The van der Waals surface area contributed by atoms with Gasteiger partial charge in [-0.2, -0.15) is 0 Å². The third kappa shape index (κ3) is 15.2. The van der Waals surface area contributed by atoms with E-state index in [0.29, 0.717) is 0 Å². The standard InChI is InChI=1S/C7H8ClN.2Na.H2O4S/c1-6-4-2-3-5-7(6)9-8;;;1-5(2,3)4/h2-5,9H,1H3;;;(H2,1,2,3,4)/q;2*+1;/p-2. The third-order valence-corrected chi connectivity index (χ3v) is 1.45. The molecule has 0 spiro atoms. The molecule has 0 saturated carbocycles. The van der Waals surface area contributed by atoms with Gasteiger partial charge in [0.2, 0.25) is 0 Å². The Morgan fingerprint density at radius 2 is 1.56 bits per heavy atom. The van der Waals surface area contributed by atoms with Crippen molar-refractivity contribution in [2.75, 3.05) is 4.84 Å². The number of benzene rings is 1. The summed E-state index contributed by atoms with van der Waals surface area (Å²) in [6, 6.07) is 7.86. The zero-order valence-corrected chi connectivity index (χ0v) is 14.8. The molecule has 0 aromatic heterocycles. The van der Waals surface area contributed by atoms with E-state index in [0.717, 1.165) is 11.3 Å². The molecule has 0 fully saturated rings. The van der Waals surface area contributed by atoms with Crippen LogP contribution in [0, 0.1) is 6.92 Å². The fourth-order valence-electron chi connectivity index (χ4n) is 0.679. The Bertz CT molecular complexity index is 380. The molecule has 0 atom stereocenters. The van der Waals surface area contributed by atoms with E-state index in [1.807, 2.05) is 31.2 Å². The molecular weight excluding hydrogens is 276 g/mol. The molecule has 0 aliphatic carbocycles. The van der Waals surface area contributed by atoms with Crippen molar-refractivity contribution in [3.8, 4) is 0 Å². The molecule has 0 unspecified atom stereocenters. The molecule has 0 heterocycles. The van der Waals surface area contributed by atoms with E-state index in [1.165, 1.54) is 0 Å². The Kier molecular flexibility index (Phi) is 15.8. The van der Waals surface area contributed by atoms with Gasteiger partial charge in [0, 0.05) is 22.2 Å². The van der Waals surface area contributed by atoms with Gasteiger partial charge in [0.05, 0.1) is 5.69 Å². The van der Waals surface area contributed by atoms with Crippen molar-refractivity contribution in [1.82, 2.24) is 0 Å². The number of aryl methyl sites for hydroxylation is 1. The Labute approximate surface area is 144 Å². The average molecular weight is 284 g/mol. The maximum absolute atomic E-state index is 8.52. The van der Waals surface area contributed by atoms with Gasteiger partial charge < -0.3 is 9.11 Å². The molecule has 0 saturated heterocycles. The summed E-state index contributed by atoms with van der Waals surface area (Å²) in [5, 5.41) is 0. The molecule has 1 aromatic carbocycles. The predicted molar refractivity (Wildman–Crippen MR) is 51.1 cm³/mol. The molecule has 1 rings (SSSR count). The fraction of sp³-hybridized carbons (Fsp3) is 0.143. The normalized spacial score (nSPS) is 8.75. The van der Waals surface area contributed by atoms with Crippen molar-refractivity contribution < 1.29 is 76.6 Å². The number of nitrogens with one attached hydrogen (secondary N) is 1. The van der Waals surface area contributed by atoms with E-state index in [2.05, 4.69) is 4.84 Å². The first kappa shape index (κ1) is 22.4. The monoisotopic (exact) mass is 283 g/mol. The van der Waals surface area contributed by atoms with E-state index in [9.17, 15) is 0 Å². The first-order valence-corrected chi connectivity index (χ1v) is 5.14. The van der Waals surface area contributed by atoms with Crippen molar-refractivity contribution in [2.45, 2.75) is 6.92 Å². The second-order valence-electron chi connectivity index (χ2n) is 2.32. The smallest absolute Gasteiger partial charge is 0.759 e. The summed E-state index contributed by atoms with van der Waals surface area (Å²) in [6.07, 6.45) is 0. The summed E-state index contributed by atoms with van der Waals surface area (Å²) in [7, 11) is -5.17. The van der Waals surface area contributed by atoms with Crippen LogP contribution in [0.5, 0.6) is 0 Å². The maximum Gasteiger partial charge on any atom is 1.00 e. The van der Waals surface area contributed by atoms with Crippen LogP contribution in [-0.2, 0) is 10.4 Å². The molecule has 0 aliphatic heterocycles.